The van der Waals surface area contributed by atoms with E-state index in [0.717, 1.165) is 135 Å². The molecule has 0 radical (unpaired) electrons. The van der Waals surface area contributed by atoms with Gasteiger partial charge in [0.15, 0.2) is 6.10 Å². The minimum Gasteiger partial charge on any atom is -0.462 e. The van der Waals surface area contributed by atoms with Crippen LogP contribution >= 0.6 is 0 Å². The molecule has 1 unspecified atom stereocenters. The summed E-state index contributed by atoms with van der Waals surface area (Å²) in [6.45, 7) is 6.32. The lowest BCUT2D eigenvalue weighted by Gasteiger charge is -2.18. The van der Waals surface area contributed by atoms with Gasteiger partial charge in [0.2, 0.25) is 0 Å². The van der Waals surface area contributed by atoms with E-state index in [1.165, 1.54) is 154 Å². The van der Waals surface area contributed by atoms with Gasteiger partial charge < -0.3 is 14.2 Å². The van der Waals surface area contributed by atoms with Gasteiger partial charge in [-0.05, 0) is 122 Å². The van der Waals surface area contributed by atoms with Crippen LogP contribution in [0.3, 0.4) is 0 Å². The lowest BCUT2D eigenvalue weighted by molar-refractivity contribution is -0.167. The summed E-state index contributed by atoms with van der Waals surface area (Å²) in [7, 11) is 0. The first kappa shape index (κ1) is 78.8. The third-order valence-corrected chi connectivity index (χ3v) is 14.9. The van der Waals surface area contributed by atoms with Gasteiger partial charge in [-0.15, -0.1) is 0 Å². The number of unbranched alkanes of at least 4 members (excludes halogenated alkanes) is 32. The predicted octanol–water partition coefficient (Wildman–Crippen LogP) is 24.3. The van der Waals surface area contributed by atoms with Crippen LogP contribution in [0.2, 0.25) is 0 Å². The standard InChI is InChI=1S/C77H130O6/c1-4-7-10-13-16-19-22-25-28-31-32-33-34-35-36-37-38-39-40-41-42-43-44-47-49-52-55-58-61-64-67-70-76(79)82-73-74(83-77(80)71-68-65-62-59-56-53-50-46-30-27-24-21-18-15-12-9-6-3)72-81-75(78)69-66-63-60-57-54-51-48-45-29-26-23-20-17-14-11-8-5-2/h7-12,16-21,25-30,32-33,74H,4-6,13-15,22-24,31,34-73H2,1-3H3/b10-7-,11-8-,12-9-,19-16-,20-17-,21-18-,28-25-,29-26-,30-27-,33-32-. The first-order valence-electron chi connectivity index (χ1n) is 35.0. The van der Waals surface area contributed by atoms with E-state index in [4.69, 9.17) is 14.2 Å². The summed E-state index contributed by atoms with van der Waals surface area (Å²) in [5, 5.41) is 0. The Labute approximate surface area is 513 Å². The highest BCUT2D eigenvalue weighted by Crippen LogP contribution is 2.17. The van der Waals surface area contributed by atoms with Crippen molar-refractivity contribution in [3.8, 4) is 0 Å². The van der Waals surface area contributed by atoms with Gasteiger partial charge in [0.1, 0.15) is 13.2 Å². The Bertz CT molecular complexity index is 1700. The summed E-state index contributed by atoms with van der Waals surface area (Å²) in [5.41, 5.74) is 0. The van der Waals surface area contributed by atoms with E-state index >= 15 is 0 Å². The van der Waals surface area contributed by atoms with Crippen LogP contribution in [-0.4, -0.2) is 37.2 Å². The van der Waals surface area contributed by atoms with E-state index < -0.39 is 6.10 Å². The lowest BCUT2D eigenvalue weighted by atomic mass is 10.0. The van der Waals surface area contributed by atoms with Gasteiger partial charge in [0, 0.05) is 19.3 Å². The topological polar surface area (TPSA) is 78.9 Å². The second-order valence-corrected chi connectivity index (χ2v) is 23.0. The molecule has 0 saturated carbocycles. The van der Waals surface area contributed by atoms with Crippen LogP contribution in [0, 0.1) is 0 Å². The van der Waals surface area contributed by atoms with Crippen molar-refractivity contribution in [3.63, 3.8) is 0 Å². The molecule has 0 bridgehead atoms. The van der Waals surface area contributed by atoms with Gasteiger partial charge in [-0.2, -0.15) is 0 Å². The van der Waals surface area contributed by atoms with Crippen LogP contribution in [-0.2, 0) is 28.6 Å². The molecular formula is C77H130O6. The molecule has 6 nitrogen and oxygen atoms in total. The van der Waals surface area contributed by atoms with Crippen molar-refractivity contribution in [2.75, 3.05) is 13.2 Å². The zero-order chi connectivity index (χ0) is 59.9. The number of esters is 3. The number of hydrogen-bond donors (Lipinski definition) is 0. The molecule has 0 aliphatic rings. The molecule has 0 amide bonds. The number of carbonyl (C=O) groups excluding carboxylic acids is 3. The fraction of sp³-hybridized carbons (Fsp3) is 0.701. The minimum atomic E-state index is -0.791. The van der Waals surface area contributed by atoms with Gasteiger partial charge >= 0.3 is 17.9 Å². The zero-order valence-corrected chi connectivity index (χ0v) is 54.4. The Morgan fingerprint density at radius 3 is 0.675 bits per heavy atom. The average Bonchev–Trinajstić information content (AvgIpc) is 3.49. The lowest BCUT2D eigenvalue weighted by Crippen LogP contribution is -2.30. The molecular weight excluding hydrogens is 1020 g/mol. The molecule has 0 rings (SSSR count). The zero-order valence-electron chi connectivity index (χ0n) is 54.4. The summed E-state index contributed by atoms with van der Waals surface area (Å²) >= 11 is 0. The van der Waals surface area contributed by atoms with Crippen LogP contribution in [0.4, 0.5) is 0 Å². The molecule has 0 N–H and O–H groups in total. The molecule has 0 aliphatic carbocycles. The highest BCUT2D eigenvalue weighted by atomic mass is 16.6. The molecule has 6 heteroatoms. The second-order valence-electron chi connectivity index (χ2n) is 23.0. The number of allylic oxidation sites excluding steroid dienone is 20. The Balaban J connectivity index is 4.26. The summed E-state index contributed by atoms with van der Waals surface area (Å²) in [4.78, 5) is 38.4. The summed E-state index contributed by atoms with van der Waals surface area (Å²) in [5.74, 6) is -0.892. The van der Waals surface area contributed by atoms with E-state index in [1.807, 2.05) is 0 Å². The fourth-order valence-electron chi connectivity index (χ4n) is 9.82. The average molecular weight is 1150 g/mol. The van der Waals surface area contributed by atoms with Crippen molar-refractivity contribution >= 4 is 17.9 Å². The Morgan fingerprint density at radius 2 is 0.434 bits per heavy atom. The van der Waals surface area contributed by atoms with Crippen molar-refractivity contribution in [3.05, 3.63) is 122 Å². The van der Waals surface area contributed by atoms with Gasteiger partial charge in [-0.3, -0.25) is 14.4 Å². The highest BCUT2D eigenvalue weighted by molar-refractivity contribution is 5.71. The number of hydrogen-bond acceptors (Lipinski definition) is 6. The van der Waals surface area contributed by atoms with E-state index in [-0.39, 0.29) is 31.1 Å². The van der Waals surface area contributed by atoms with Crippen molar-refractivity contribution < 1.29 is 28.6 Å². The van der Waals surface area contributed by atoms with Crippen molar-refractivity contribution in [2.24, 2.45) is 0 Å². The molecule has 0 spiro atoms. The van der Waals surface area contributed by atoms with E-state index in [2.05, 4.69) is 142 Å². The number of ether oxygens (including phenoxy) is 3. The maximum atomic E-state index is 12.9. The fourth-order valence-corrected chi connectivity index (χ4v) is 9.82. The van der Waals surface area contributed by atoms with Crippen LogP contribution in [0.15, 0.2) is 122 Å². The van der Waals surface area contributed by atoms with Crippen LogP contribution in [0.25, 0.3) is 0 Å². The van der Waals surface area contributed by atoms with Gasteiger partial charge in [0.25, 0.3) is 0 Å². The van der Waals surface area contributed by atoms with Crippen LogP contribution in [0.5, 0.6) is 0 Å². The van der Waals surface area contributed by atoms with Gasteiger partial charge in [-0.1, -0.05) is 309 Å². The summed E-state index contributed by atoms with van der Waals surface area (Å²) in [6, 6.07) is 0. The number of rotatable bonds is 63. The van der Waals surface area contributed by atoms with E-state index in [1.54, 1.807) is 0 Å². The van der Waals surface area contributed by atoms with Crippen molar-refractivity contribution in [2.45, 2.75) is 335 Å². The minimum absolute atomic E-state index is 0.0845. The maximum absolute atomic E-state index is 12.9. The molecule has 0 saturated heterocycles. The third kappa shape index (κ3) is 68.5. The highest BCUT2D eigenvalue weighted by Gasteiger charge is 2.19. The first-order valence-corrected chi connectivity index (χ1v) is 35.0. The smallest absolute Gasteiger partial charge is 0.306 e. The Kier molecular flexibility index (Phi) is 66.7. The first-order chi connectivity index (χ1) is 41.0. The Hall–Kier alpha value is -4.19. The Morgan fingerprint density at radius 1 is 0.241 bits per heavy atom. The quantitative estimate of drug-likeness (QED) is 0.0261. The van der Waals surface area contributed by atoms with Crippen molar-refractivity contribution in [1.82, 2.24) is 0 Å². The third-order valence-electron chi connectivity index (χ3n) is 14.9. The monoisotopic (exact) mass is 1150 g/mol. The SMILES string of the molecule is CC/C=C\C/C=C\C/C=C\C/C=C\CCCCCCCCCCCCCCCCCCCCC(=O)OCC(COC(=O)CCCCCCCCC/C=C\C/C=C\C/C=C\CC)OC(=O)CCCCCCCCC/C=C\C/C=C\C/C=C\CC. The number of carbonyl (C=O) groups is 3. The molecule has 0 aromatic rings. The molecule has 0 aromatic carbocycles. The van der Waals surface area contributed by atoms with E-state index in [9.17, 15) is 14.4 Å². The van der Waals surface area contributed by atoms with Crippen LogP contribution in [0.1, 0.15) is 329 Å². The second kappa shape index (κ2) is 70.3. The molecule has 83 heavy (non-hydrogen) atoms. The van der Waals surface area contributed by atoms with Gasteiger partial charge in [0.05, 0.1) is 0 Å². The van der Waals surface area contributed by atoms with E-state index in [0.29, 0.717) is 19.3 Å². The summed E-state index contributed by atoms with van der Waals surface area (Å²) < 4.78 is 17.0. The molecule has 0 fully saturated rings. The predicted molar refractivity (Wildman–Crippen MR) is 362 cm³/mol. The van der Waals surface area contributed by atoms with Gasteiger partial charge in [-0.25, -0.2) is 0 Å². The summed E-state index contributed by atoms with van der Waals surface area (Å²) in [6.07, 6.45) is 98.0. The normalized spacial score (nSPS) is 12.9. The molecule has 0 aliphatic heterocycles. The molecule has 1 atom stereocenters. The molecule has 0 heterocycles. The van der Waals surface area contributed by atoms with Crippen LogP contribution < -0.4 is 0 Å². The molecule has 474 valence electrons. The largest absolute Gasteiger partial charge is 0.462 e. The maximum Gasteiger partial charge on any atom is 0.306 e. The molecule has 0 aromatic heterocycles. The van der Waals surface area contributed by atoms with Crippen molar-refractivity contribution in [1.29, 1.82) is 0 Å².